The second kappa shape index (κ2) is 11.0. The predicted molar refractivity (Wildman–Crippen MR) is 141 cm³/mol. The van der Waals surface area contributed by atoms with Gasteiger partial charge >= 0.3 is 5.69 Å². The fourth-order valence-electron chi connectivity index (χ4n) is 5.58. The van der Waals surface area contributed by atoms with Crippen LogP contribution >= 0.6 is 0 Å². The van der Waals surface area contributed by atoms with Gasteiger partial charge in [-0.05, 0) is 75.1 Å². The molecule has 0 saturated carbocycles. The van der Waals surface area contributed by atoms with E-state index in [9.17, 15) is 4.79 Å². The number of fused-ring (bicyclic) bond motifs is 1. The Kier molecular flexibility index (Phi) is 7.40. The second-order valence-corrected chi connectivity index (χ2v) is 9.86. The first-order valence-electron chi connectivity index (χ1n) is 12.7. The van der Waals surface area contributed by atoms with Crippen LogP contribution in [0.2, 0.25) is 0 Å². The third kappa shape index (κ3) is 5.72. The van der Waals surface area contributed by atoms with Crippen LogP contribution in [0.5, 0.6) is 0 Å². The van der Waals surface area contributed by atoms with Crippen molar-refractivity contribution in [2.75, 3.05) is 26.7 Å². The Morgan fingerprint density at radius 3 is 2.63 bits per heavy atom. The Bertz CT molecular complexity index is 1220. The number of hydrogen-bond donors (Lipinski definition) is 1. The van der Waals surface area contributed by atoms with E-state index in [1.807, 2.05) is 35.0 Å². The van der Waals surface area contributed by atoms with E-state index >= 15 is 0 Å². The van der Waals surface area contributed by atoms with Crippen LogP contribution in [0, 0.1) is 5.92 Å². The van der Waals surface area contributed by atoms with Crippen LogP contribution in [0.15, 0.2) is 83.8 Å². The molecule has 2 aromatic heterocycles. The fourth-order valence-corrected chi connectivity index (χ4v) is 5.58. The van der Waals surface area contributed by atoms with Gasteiger partial charge in [-0.25, -0.2) is 4.79 Å². The number of H-pyrrole nitrogens is 1. The van der Waals surface area contributed by atoms with Crippen molar-refractivity contribution >= 4 is 11.0 Å². The van der Waals surface area contributed by atoms with Crippen LogP contribution in [-0.2, 0) is 13.1 Å². The highest BCUT2D eigenvalue weighted by Gasteiger charge is 2.31. The molecule has 5 rings (SSSR count). The first-order valence-corrected chi connectivity index (χ1v) is 12.7. The standard InChI is InChI=1S/C29H35N5O/c1-32-19-16-27(34-28-15-6-5-14-26(28)31-29(34)35)24(21-32)12-9-18-33(20-23-10-3-2-4-11-23)22-25-13-7-8-17-30-25/h2-8,10-11,13-15,17,24,27H,9,12,16,18-22H2,1H3,(H,31,35). The molecule has 0 bridgehead atoms. The van der Waals surface area contributed by atoms with Gasteiger partial charge in [0.1, 0.15) is 0 Å². The Hall–Kier alpha value is -3.22. The van der Waals surface area contributed by atoms with Crippen molar-refractivity contribution in [3.05, 3.63) is 101 Å². The highest BCUT2D eigenvalue weighted by molar-refractivity contribution is 5.75. The number of piperidine rings is 1. The van der Waals surface area contributed by atoms with E-state index < -0.39 is 0 Å². The number of pyridine rings is 1. The second-order valence-electron chi connectivity index (χ2n) is 9.86. The molecular formula is C29H35N5O. The third-order valence-electron chi connectivity index (χ3n) is 7.26. The molecule has 0 aliphatic carbocycles. The van der Waals surface area contributed by atoms with E-state index in [1.165, 1.54) is 5.56 Å². The zero-order valence-electron chi connectivity index (χ0n) is 20.5. The summed E-state index contributed by atoms with van der Waals surface area (Å²) in [6.07, 6.45) is 5.06. The number of nitrogens with zero attached hydrogens (tertiary/aromatic N) is 4. The molecule has 1 fully saturated rings. The van der Waals surface area contributed by atoms with Gasteiger partial charge in [-0.3, -0.25) is 14.5 Å². The zero-order valence-corrected chi connectivity index (χ0v) is 20.5. The van der Waals surface area contributed by atoms with Crippen molar-refractivity contribution in [2.45, 2.75) is 38.4 Å². The molecule has 6 nitrogen and oxygen atoms in total. The molecule has 1 saturated heterocycles. The smallest absolute Gasteiger partial charge is 0.306 e. The quantitative estimate of drug-likeness (QED) is 0.386. The van der Waals surface area contributed by atoms with E-state index in [0.29, 0.717) is 5.92 Å². The van der Waals surface area contributed by atoms with Gasteiger partial charge in [0, 0.05) is 31.9 Å². The number of imidazole rings is 1. The highest BCUT2D eigenvalue weighted by Crippen LogP contribution is 2.32. The van der Waals surface area contributed by atoms with Crippen LogP contribution in [0.3, 0.4) is 0 Å². The number of benzene rings is 2. The molecule has 2 aromatic carbocycles. The molecule has 1 aliphatic heterocycles. The molecule has 0 amide bonds. The number of aromatic nitrogens is 3. The average molecular weight is 470 g/mol. The molecule has 2 unspecified atom stereocenters. The van der Waals surface area contributed by atoms with Crippen molar-refractivity contribution in [1.29, 1.82) is 0 Å². The maximum absolute atomic E-state index is 12.9. The largest absolute Gasteiger partial charge is 0.326 e. The van der Waals surface area contributed by atoms with Gasteiger partial charge < -0.3 is 9.88 Å². The van der Waals surface area contributed by atoms with E-state index in [-0.39, 0.29) is 11.7 Å². The van der Waals surface area contributed by atoms with Gasteiger partial charge in [-0.15, -0.1) is 0 Å². The van der Waals surface area contributed by atoms with Crippen molar-refractivity contribution < 1.29 is 0 Å². The molecular weight excluding hydrogens is 434 g/mol. The summed E-state index contributed by atoms with van der Waals surface area (Å²) < 4.78 is 2.03. The van der Waals surface area contributed by atoms with E-state index in [2.05, 4.69) is 75.3 Å². The van der Waals surface area contributed by atoms with Crippen LogP contribution in [0.1, 0.15) is 36.6 Å². The monoisotopic (exact) mass is 469 g/mol. The number of aromatic amines is 1. The Morgan fingerprint density at radius 1 is 1.00 bits per heavy atom. The predicted octanol–water partition coefficient (Wildman–Crippen LogP) is 4.70. The molecule has 6 heteroatoms. The van der Waals surface area contributed by atoms with Crippen LogP contribution < -0.4 is 5.69 Å². The minimum atomic E-state index is 0.0200. The molecule has 1 N–H and O–H groups in total. The first kappa shape index (κ1) is 23.5. The number of rotatable bonds is 9. The SMILES string of the molecule is CN1CCC(n2c(=O)[nH]c3ccccc32)C(CCCN(Cc2ccccc2)Cc2ccccn2)C1. The van der Waals surface area contributed by atoms with E-state index in [0.717, 1.165) is 68.7 Å². The highest BCUT2D eigenvalue weighted by atomic mass is 16.1. The van der Waals surface area contributed by atoms with Gasteiger partial charge in [-0.2, -0.15) is 0 Å². The normalized spacial score (nSPS) is 18.9. The molecule has 0 spiro atoms. The summed E-state index contributed by atoms with van der Waals surface area (Å²) in [4.78, 5) is 25.5. The van der Waals surface area contributed by atoms with E-state index in [1.54, 1.807) is 0 Å². The van der Waals surface area contributed by atoms with Gasteiger partial charge in [0.2, 0.25) is 0 Å². The molecule has 4 aromatic rings. The van der Waals surface area contributed by atoms with Crippen LogP contribution in [-0.4, -0.2) is 51.0 Å². The summed E-state index contributed by atoms with van der Waals surface area (Å²) in [6, 6.07) is 25.1. The van der Waals surface area contributed by atoms with Crippen LogP contribution in [0.25, 0.3) is 11.0 Å². The number of hydrogen-bond acceptors (Lipinski definition) is 4. The van der Waals surface area contributed by atoms with E-state index in [4.69, 9.17) is 0 Å². The van der Waals surface area contributed by atoms with Crippen molar-refractivity contribution in [3.8, 4) is 0 Å². The minimum Gasteiger partial charge on any atom is -0.306 e. The molecule has 182 valence electrons. The minimum absolute atomic E-state index is 0.0200. The molecule has 3 heterocycles. The fraction of sp³-hybridized carbons (Fsp3) is 0.379. The topological polar surface area (TPSA) is 57.2 Å². The van der Waals surface area contributed by atoms with Gasteiger partial charge in [-0.1, -0.05) is 48.5 Å². The lowest BCUT2D eigenvalue weighted by Gasteiger charge is -2.38. The Morgan fingerprint density at radius 2 is 1.80 bits per heavy atom. The summed E-state index contributed by atoms with van der Waals surface area (Å²) in [7, 11) is 2.20. The van der Waals surface area contributed by atoms with Crippen molar-refractivity contribution in [3.63, 3.8) is 0 Å². The number of para-hydroxylation sites is 2. The molecule has 0 radical (unpaired) electrons. The van der Waals surface area contributed by atoms with Gasteiger partial charge in [0.15, 0.2) is 0 Å². The lowest BCUT2D eigenvalue weighted by Crippen LogP contribution is -2.41. The third-order valence-corrected chi connectivity index (χ3v) is 7.26. The lowest BCUT2D eigenvalue weighted by molar-refractivity contribution is 0.132. The summed E-state index contributed by atoms with van der Waals surface area (Å²) in [5.74, 6) is 0.444. The summed E-state index contributed by atoms with van der Waals surface area (Å²) in [5, 5.41) is 0. The Labute approximate surface area is 207 Å². The maximum atomic E-state index is 12.9. The molecule has 2 atom stereocenters. The van der Waals surface area contributed by atoms with Gasteiger partial charge in [0.25, 0.3) is 0 Å². The number of likely N-dealkylation sites (tertiary alicyclic amines) is 1. The average Bonchev–Trinajstić information content (AvgIpc) is 3.21. The van der Waals surface area contributed by atoms with Crippen molar-refractivity contribution in [1.82, 2.24) is 24.3 Å². The first-order chi connectivity index (χ1) is 17.2. The molecule has 1 aliphatic rings. The van der Waals surface area contributed by atoms with Crippen molar-refractivity contribution in [2.24, 2.45) is 5.92 Å². The van der Waals surface area contributed by atoms with Crippen LogP contribution in [0.4, 0.5) is 0 Å². The maximum Gasteiger partial charge on any atom is 0.326 e. The summed E-state index contributed by atoms with van der Waals surface area (Å²) in [6.45, 7) is 4.79. The molecule has 35 heavy (non-hydrogen) atoms. The summed E-state index contributed by atoms with van der Waals surface area (Å²) in [5.41, 5.74) is 4.40. The Balaban J connectivity index is 1.30. The lowest BCUT2D eigenvalue weighted by atomic mass is 9.88. The van der Waals surface area contributed by atoms with Gasteiger partial charge in [0.05, 0.1) is 16.7 Å². The summed E-state index contributed by atoms with van der Waals surface area (Å²) >= 11 is 0. The zero-order chi connectivity index (χ0) is 24.0. The number of nitrogens with one attached hydrogen (secondary N) is 1.